The van der Waals surface area contributed by atoms with Crippen LogP contribution in [0.4, 0.5) is 0 Å². The van der Waals surface area contributed by atoms with Crippen molar-refractivity contribution in [1.29, 1.82) is 0 Å². The van der Waals surface area contributed by atoms with E-state index in [1.165, 1.54) is 16.4 Å². The molecule has 2 aromatic rings. The second-order valence-corrected chi connectivity index (χ2v) is 10.4. The van der Waals surface area contributed by atoms with Crippen LogP contribution in [0.2, 0.25) is 5.02 Å². The van der Waals surface area contributed by atoms with E-state index >= 15 is 0 Å². The molecule has 0 spiro atoms. The van der Waals surface area contributed by atoms with Crippen molar-refractivity contribution in [2.45, 2.75) is 11.3 Å². The number of carbonyl (C=O) groups is 1. The first-order chi connectivity index (χ1) is 15.4. The molecule has 10 heteroatoms. The van der Waals surface area contributed by atoms with E-state index in [0.29, 0.717) is 55.9 Å². The van der Waals surface area contributed by atoms with Gasteiger partial charge in [-0.3, -0.25) is 4.79 Å². The zero-order valence-electron chi connectivity index (χ0n) is 17.3. The predicted molar refractivity (Wildman–Crippen MR) is 117 cm³/mol. The molecule has 3 aliphatic rings. The van der Waals surface area contributed by atoms with Crippen LogP contribution in [0, 0.1) is 5.92 Å². The first-order valence-electron chi connectivity index (χ1n) is 10.5. The molecule has 1 unspecified atom stereocenters. The average molecular weight is 479 g/mol. The summed E-state index contributed by atoms with van der Waals surface area (Å²) in [6.45, 7) is 2.28. The molecule has 8 nitrogen and oxygen atoms in total. The Morgan fingerprint density at radius 1 is 0.906 bits per heavy atom. The van der Waals surface area contributed by atoms with Crippen molar-refractivity contribution in [3.05, 3.63) is 47.0 Å². The highest BCUT2D eigenvalue weighted by atomic mass is 35.5. The molecule has 3 aliphatic heterocycles. The van der Waals surface area contributed by atoms with Crippen LogP contribution in [0.25, 0.3) is 0 Å². The van der Waals surface area contributed by atoms with Crippen molar-refractivity contribution in [1.82, 2.24) is 9.21 Å². The van der Waals surface area contributed by atoms with Crippen LogP contribution >= 0.6 is 11.6 Å². The van der Waals surface area contributed by atoms with Gasteiger partial charge in [-0.15, -0.1) is 0 Å². The SMILES string of the molecule is O=C(C1COc2ccc(Cl)cc2C1)N1CCN(S(=O)(=O)c2ccc3c(c2)OCCO3)CC1. The second-order valence-electron chi connectivity index (χ2n) is 8.00. The van der Waals surface area contributed by atoms with Gasteiger partial charge in [0.1, 0.15) is 25.6 Å². The van der Waals surface area contributed by atoms with Gasteiger partial charge in [-0.1, -0.05) is 11.6 Å². The lowest BCUT2D eigenvalue weighted by atomic mass is 9.95. The zero-order valence-corrected chi connectivity index (χ0v) is 18.9. The number of benzene rings is 2. The number of hydrogen-bond donors (Lipinski definition) is 0. The van der Waals surface area contributed by atoms with E-state index in [2.05, 4.69) is 0 Å². The van der Waals surface area contributed by atoms with Gasteiger partial charge in [0.2, 0.25) is 15.9 Å². The first kappa shape index (κ1) is 21.4. The lowest BCUT2D eigenvalue weighted by molar-refractivity contribution is -0.138. The van der Waals surface area contributed by atoms with Crippen LogP contribution in [-0.4, -0.2) is 69.5 Å². The Morgan fingerprint density at radius 3 is 2.41 bits per heavy atom. The van der Waals surface area contributed by atoms with Crippen molar-refractivity contribution >= 4 is 27.5 Å². The molecule has 1 amide bonds. The van der Waals surface area contributed by atoms with Crippen molar-refractivity contribution in [3.8, 4) is 17.2 Å². The largest absolute Gasteiger partial charge is 0.492 e. The summed E-state index contributed by atoms with van der Waals surface area (Å²) in [5.41, 5.74) is 0.918. The highest BCUT2D eigenvalue weighted by Gasteiger charge is 2.35. The van der Waals surface area contributed by atoms with Gasteiger partial charge in [-0.05, 0) is 42.3 Å². The standard InChI is InChI=1S/C22H23ClN2O6S/c23-17-1-3-19-15(12-17)11-16(14-31-19)22(26)24-5-7-25(8-6-24)32(27,28)18-2-4-20-21(13-18)30-10-9-29-20/h1-4,12-13,16H,5-11,14H2. The highest BCUT2D eigenvalue weighted by molar-refractivity contribution is 7.89. The van der Waals surface area contributed by atoms with Crippen molar-refractivity contribution in [2.75, 3.05) is 46.0 Å². The van der Waals surface area contributed by atoms with E-state index in [1.54, 1.807) is 17.0 Å². The summed E-state index contributed by atoms with van der Waals surface area (Å²) >= 11 is 6.07. The smallest absolute Gasteiger partial charge is 0.243 e. The van der Waals surface area contributed by atoms with Crippen LogP contribution in [0.15, 0.2) is 41.3 Å². The van der Waals surface area contributed by atoms with E-state index in [-0.39, 0.29) is 29.8 Å². The minimum atomic E-state index is -3.69. The monoisotopic (exact) mass is 478 g/mol. The molecular formula is C22H23ClN2O6S. The van der Waals surface area contributed by atoms with Crippen LogP contribution in [0.1, 0.15) is 5.56 Å². The Hall–Kier alpha value is -2.49. The van der Waals surface area contributed by atoms with Gasteiger partial charge in [-0.25, -0.2) is 8.42 Å². The number of rotatable bonds is 3. The molecule has 1 fully saturated rings. The summed E-state index contributed by atoms with van der Waals surface area (Å²) in [4.78, 5) is 14.9. The molecule has 2 aromatic carbocycles. The van der Waals surface area contributed by atoms with Crippen molar-refractivity contribution in [3.63, 3.8) is 0 Å². The minimum Gasteiger partial charge on any atom is -0.492 e. The Kier molecular flexibility index (Phi) is 5.65. The number of fused-ring (bicyclic) bond motifs is 2. The summed E-state index contributed by atoms with van der Waals surface area (Å²) < 4.78 is 44.4. The van der Waals surface area contributed by atoms with Crippen molar-refractivity contribution < 1.29 is 27.4 Å². The minimum absolute atomic E-state index is 0.0213. The van der Waals surface area contributed by atoms with Gasteiger partial charge in [0.15, 0.2) is 11.5 Å². The van der Waals surface area contributed by atoms with Gasteiger partial charge in [0.25, 0.3) is 0 Å². The molecule has 32 heavy (non-hydrogen) atoms. The normalized spacial score (nSPS) is 20.9. The molecule has 0 N–H and O–H groups in total. The lowest BCUT2D eigenvalue weighted by Crippen LogP contribution is -2.52. The van der Waals surface area contributed by atoms with Gasteiger partial charge in [0, 0.05) is 37.3 Å². The number of halogens is 1. The first-order valence-corrected chi connectivity index (χ1v) is 12.3. The van der Waals surface area contributed by atoms with Crippen LogP contribution < -0.4 is 14.2 Å². The van der Waals surface area contributed by atoms with E-state index < -0.39 is 10.0 Å². The number of piperazine rings is 1. The molecular weight excluding hydrogens is 456 g/mol. The molecule has 1 atom stereocenters. The molecule has 5 rings (SSSR count). The third kappa shape index (κ3) is 4.00. The zero-order chi connectivity index (χ0) is 22.3. The highest BCUT2D eigenvalue weighted by Crippen LogP contribution is 2.34. The predicted octanol–water partition coefficient (Wildman–Crippen LogP) is 2.20. The number of ether oxygens (including phenoxy) is 3. The fourth-order valence-corrected chi connectivity index (χ4v) is 5.89. The van der Waals surface area contributed by atoms with Crippen LogP contribution in [0.5, 0.6) is 17.2 Å². The summed E-state index contributed by atoms with van der Waals surface area (Å²) in [6, 6.07) is 10.1. The van der Waals surface area contributed by atoms with Gasteiger partial charge < -0.3 is 19.1 Å². The van der Waals surface area contributed by atoms with Crippen LogP contribution in [-0.2, 0) is 21.2 Å². The summed E-state index contributed by atoms with van der Waals surface area (Å²) in [6.07, 6.45) is 0.560. The number of hydrogen-bond acceptors (Lipinski definition) is 6. The van der Waals surface area contributed by atoms with E-state index in [4.69, 9.17) is 25.8 Å². The number of sulfonamides is 1. The summed E-state index contributed by atoms with van der Waals surface area (Å²) in [5, 5.41) is 0.610. The number of carbonyl (C=O) groups excluding carboxylic acids is 1. The second kappa shape index (κ2) is 8.46. The Balaban J connectivity index is 1.23. The quantitative estimate of drug-likeness (QED) is 0.672. The fourth-order valence-electron chi connectivity index (χ4n) is 4.26. The van der Waals surface area contributed by atoms with E-state index in [1.807, 2.05) is 12.1 Å². The van der Waals surface area contributed by atoms with Gasteiger partial charge in [-0.2, -0.15) is 4.31 Å². The van der Waals surface area contributed by atoms with E-state index in [9.17, 15) is 13.2 Å². The molecule has 0 radical (unpaired) electrons. The Bertz CT molecular complexity index is 1150. The number of amides is 1. The lowest BCUT2D eigenvalue weighted by Gasteiger charge is -2.36. The molecule has 0 bridgehead atoms. The molecule has 0 saturated carbocycles. The molecule has 0 aromatic heterocycles. The summed E-state index contributed by atoms with van der Waals surface area (Å²) in [5.74, 6) is 1.41. The number of nitrogens with zero attached hydrogens (tertiary/aromatic N) is 2. The maximum atomic E-state index is 13.1. The topological polar surface area (TPSA) is 85.4 Å². The summed E-state index contributed by atoms with van der Waals surface area (Å²) in [7, 11) is -3.69. The third-order valence-electron chi connectivity index (χ3n) is 5.98. The maximum Gasteiger partial charge on any atom is 0.243 e. The van der Waals surface area contributed by atoms with E-state index in [0.717, 1.165) is 11.3 Å². The average Bonchev–Trinajstić information content (AvgIpc) is 2.83. The van der Waals surface area contributed by atoms with Gasteiger partial charge in [0.05, 0.1) is 10.8 Å². The molecule has 0 aliphatic carbocycles. The third-order valence-corrected chi connectivity index (χ3v) is 8.11. The van der Waals surface area contributed by atoms with Gasteiger partial charge >= 0.3 is 0 Å². The van der Waals surface area contributed by atoms with Crippen LogP contribution in [0.3, 0.4) is 0 Å². The molecule has 3 heterocycles. The molecule has 1 saturated heterocycles. The maximum absolute atomic E-state index is 13.1. The Labute approximate surface area is 191 Å². The van der Waals surface area contributed by atoms with Crippen molar-refractivity contribution in [2.24, 2.45) is 5.92 Å². The Morgan fingerprint density at radius 2 is 1.62 bits per heavy atom. The molecule has 170 valence electrons. The fraction of sp³-hybridized carbons (Fsp3) is 0.409.